The van der Waals surface area contributed by atoms with Crippen molar-refractivity contribution in [2.24, 2.45) is 0 Å². The van der Waals surface area contributed by atoms with Crippen LogP contribution >= 0.6 is 0 Å². The summed E-state index contributed by atoms with van der Waals surface area (Å²) < 4.78 is 0. The monoisotopic (exact) mass is 246 g/mol. The Morgan fingerprint density at radius 1 is 1.33 bits per heavy atom. The second-order valence-corrected chi connectivity index (χ2v) is 4.83. The predicted molar refractivity (Wildman–Crippen MR) is 70.7 cm³/mol. The molecule has 0 bridgehead atoms. The zero-order valence-electron chi connectivity index (χ0n) is 10.8. The van der Waals surface area contributed by atoms with Crippen LogP contribution in [0, 0.1) is 0 Å². The van der Waals surface area contributed by atoms with Gasteiger partial charge in [-0.25, -0.2) is 0 Å². The number of rotatable bonds is 3. The number of anilines is 1. The Labute approximate surface area is 107 Å². The topological polar surface area (TPSA) is 40.6 Å². The van der Waals surface area contributed by atoms with E-state index in [1.807, 2.05) is 36.2 Å². The summed E-state index contributed by atoms with van der Waals surface area (Å²) in [7, 11) is 1.95. The third-order valence-electron chi connectivity index (χ3n) is 3.09. The number of piperazine rings is 1. The Kier molecular flexibility index (Phi) is 3.77. The van der Waals surface area contributed by atoms with Gasteiger partial charge in [0.2, 0.25) is 5.91 Å². The largest absolute Gasteiger partial charge is 0.310 e. The molecular weight excluding hydrogens is 228 g/mol. The summed E-state index contributed by atoms with van der Waals surface area (Å²) in [6.45, 7) is 3.62. The van der Waals surface area contributed by atoms with Crippen LogP contribution in [0.3, 0.4) is 0 Å². The number of ketones is 1. The lowest BCUT2D eigenvalue weighted by atomic mass is 10.1. The molecule has 18 heavy (non-hydrogen) atoms. The summed E-state index contributed by atoms with van der Waals surface area (Å²) in [5.74, 6) is 0.251. The Morgan fingerprint density at radius 3 is 2.78 bits per heavy atom. The minimum absolute atomic E-state index is 0.115. The first-order valence-corrected chi connectivity index (χ1v) is 6.13. The molecule has 1 amide bonds. The molecule has 4 nitrogen and oxygen atoms in total. The van der Waals surface area contributed by atoms with E-state index in [0.717, 1.165) is 17.8 Å². The molecule has 0 unspecified atom stereocenters. The van der Waals surface area contributed by atoms with Gasteiger partial charge in [-0.15, -0.1) is 0 Å². The molecule has 1 aromatic rings. The first-order chi connectivity index (χ1) is 8.56. The number of amides is 1. The molecule has 0 radical (unpaired) electrons. The van der Waals surface area contributed by atoms with Gasteiger partial charge >= 0.3 is 0 Å². The maximum Gasteiger partial charge on any atom is 0.241 e. The van der Waals surface area contributed by atoms with Crippen LogP contribution in [0.25, 0.3) is 0 Å². The van der Waals surface area contributed by atoms with Crippen molar-refractivity contribution < 1.29 is 9.59 Å². The SMILES string of the molecule is CC(=O)Cc1cccc(N2CCN(C)CC2=O)c1. The van der Waals surface area contributed by atoms with Gasteiger partial charge in [-0.3, -0.25) is 14.5 Å². The van der Waals surface area contributed by atoms with E-state index >= 15 is 0 Å². The van der Waals surface area contributed by atoms with Crippen molar-refractivity contribution in [3.8, 4) is 0 Å². The third-order valence-corrected chi connectivity index (χ3v) is 3.09. The van der Waals surface area contributed by atoms with Crippen LogP contribution in [-0.4, -0.2) is 43.3 Å². The number of benzene rings is 1. The van der Waals surface area contributed by atoms with Crippen molar-refractivity contribution in [2.45, 2.75) is 13.3 Å². The molecule has 0 N–H and O–H groups in total. The maximum atomic E-state index is 12.0. The van der Waals surface area contributed by atoms with E-state index in [2.05, 4.69) is 0 Å². The minimum Gasteiger partial charge on any atom is -0.310 e. The van der Waals surface area contributed by atoms with Gasteiger partial charge in [0, 0.05) is 25.2 Å². The molecule has 0 spiro atoms. The molecule has 4 heteroatoms. The van der Waals surface area contributed by atoms with Crippen molar-refractivity contribution in [1.29, 1.82) is 0 Å². The van der Waals surface area contributed by atoms with Crippen molar-refractivity contribution >= 4 is 17.4 Å². The molecule has 1 aliphatic rings. The standard InChI is InChI=1S/C14H18N2O2/c1-11(17)8-12-4-3-5-13(9-12)16-7-6-15(2)10-14(16)18/h3-5,9H,6-8,10H2,1-2H3. The van der Waals surface area contributed by atoms with Crippen molar-refractivity contribution in [3.05, 3.63) is 29.8 Å². The Morgan fingerprint density at radius 2 is 2.11 bits per heavy atom. The van der Waals surface area contributed by atoms with Crippen LogP contribution in [0.5, 0.6) is 0 Å². The van der Waals surface area contributed by atoms with Gasteiger partial charge in [0.25, 0.3) is 0 Å². The highest BCUT2D eigenvalue weighted by Crippen LogP contribution is 2.19. The molecule has 0 saturated carbocycles. The summed E-state index contributed by atoms with van der Waals surface area (Å²) >= 11 is 0. The fraction of sp³-hybridized carbons (Fsp3) is 0.429. The van der Waals surface area contributed by atoms with Crippen LogP contribution in [0.4, 0.5) is 5.69 Å². The summed E-state index contributed by atoms with van der Waals surface area (Å²) in [4.78, 5) is 26.9. The normalized spacial score (nSPS) is 17.0. The fourth-order valence-electron chi connectivity index (χ4n) is 2.19. The summed E-state index contributed by atoms with van der Waals surface area (Å²) in [5.41, 5.74) is 1.86. The number of carbonyl (C=O) groups excluding carboxylic acids is 2. The molecule has 1 aromatic carbocycles. The van der Waals surface area contributed by atoms with Gasteiger partial charge in [-0.2, -0.15) is 0 Å². The van der Waals surface area contributed by atoms with Gasteiger partial charge in [0.05, 0.1) is 6.54 Å². The van der Waals surface area contributed by atoms with Crippen LogP contribution < -0.4 is 4.90 Å². The quantitative estimate of drug-likeness (QED) is 0.802. The zero-order chi connectivity index (χ0) is 13.1. The lowest BCUT2D eigenvalue weighted by Crippen LogP contribution is -2.48. The van der Waals surface area contributed by atoms with Gasteiger partial charge < -0.3 is 4.90 Å². The highest BCUT2D eigenvalue weighted by atomic mass is 16.2. The molecule has 1 fully saturated rings. The molecule has 0 atom stereocenters. The highest BCUT2D eigenvalue weighted by molar-refractivity contribution is 5.95. The smallest absolute Gasteiger partial charge is 0.241 e. The summed E-state index contributed by atoms with van der Waals surface area (Å²) in [6.07, 6.45) is 0.426. The van der Waals surface area contributed by atoms with Crippen LogP contribution in [0.2, 0.25) is 0 Å². The van der Waals surface area contributed by atoms with Gasteiger partial charge in [-0.05, 0) is 31.7 Å². The number of likely N-dealkylation sites (N-methyl/N-ethyl adjacent to an activating group) is 1. The fourth-order valence-corrected chi connectivity index (χ4v) is 2.19. The number of hydrogen-bond donors (Lipinski definition) is 0. The summed E-state index contributed by atoms with van der Waals surface area (Å²) in [5, 5.41) is 0. The Balaban J connectivity index is 2.17. The van der Waals surface area contributed by atoms with E-state index in [1.54, 1.807) is 11.8 Å². The number of Topliss-reactive ketones (excluding diaryl/α,β-unsaturated/α-hetero) is 1. The minimum atomic E-state index is 0.115. The zero-order valence-corrected chi connectivity index (χ0v) is 10.8. The molecule has 96 valence electrons. The van der Waals surface area contributed by atoms with Crippen LogP contribution in [-0.2, 0) is 16.0 Å². The van der Waals surface area contributed by atoms with Crippen LogP contribution in [0.15, 0.2) is 24.3 Å². The van der Waals surface area contributed by atoms with Crippen molar-refractivity contribution in [3.63, 3.8) is 0 Å². The average molecular weight is 246 g/mol. The molecule has 1 aliphatic heterocycles. The van der Waals surface area contributed by atoms with Gasteiger partial charge in [0.15, 0.2) is 0 Å². The maximum absolute atomic E-state index is 12.0. The Hall–Kier alpha value is -1.68. The Bertz CT molecular complexity index is 471. The van der Waals surface area contributed by atoms with Crippen molar-refractivity contribution in [2.75, 3.05) is 31.6 Å². The van der Waals surface area contributed by atoms with E-state index in [0.29, 0.717) is 19.5 Å². The lowest BCUT2D eigenvalue weighted by Gasteiger charge is -2.32. The van der Waals surface area contributed by atoms with Gasteiger partial charge in [-0.1, -0.05) is 12.1 Å². The van der Waals surface area contributed by atoms with E-state index in [9.17, 15) is 9.59 Å². The van der Waals surface area contributed by atoms with E-state index in [4.69, 9.17) is 0 Å². The second kappa shape index (κ2) is 5.31. The number of carbonyl (C=O) groups is 2. The highest BCUT2D eigenvalue weighted by Gasteiger charge is 2.22. The van der Waals surface area contributed by atoms with Crippen LogP contribution in [0.1, 0.15) is 12.5 Å². The number of hydrogen-bond acceptors (Lipinski definition) is 3. The molecule has 0 aliphatic carbocycles. The molecule has 1 saturated heterocycles. The molecule has 1 heterocycles. The third kappa shape index (κ3) is 2.96. The molecular formula is C14H18N2O2. The lowest BCUT2D eigenvalue weighted by molar-refractivity contribution is -0.120. The first-order valence-electron chi connectivity index (χ1n) is 6.13. The average Bonchev–Trinajstić information content (AvgIpc) is 2.28. The molecule has 0 aromatic heterocycles. The van der Waals surface area contributed by atoms with E-state index < -0.39 is 0 Å². The second-order valence-electron chi connectivity index (χ2n) is 4.83. The first kappa shape index (κ1) is 12.8. The number of nitrogens with zero attached hydrogens (tertiary/aromatic N) is 2. The van der Waals surface area contributed by atoms with E-state index in [-0.39, 0.29) is 11.7 Å². The van der Waals surface area contributed by atoms with E-state index in [1.165, 1.54) is 0 Å². The summed E-state index contributed by atoms with van der Waals surface area (Å²) in [6, 6.07) is 7.68. The van der Waals surface area contributed by atoms with Gasteiger partial charge in [0.1, 0.15) is 5.78 Å². The predicted octanol–water partition coefficient (Wildman–Crippen LogP) is 1.10. The van der Waals surface area contributed by atoms with Crippen molar-refractivity contribution in [1.82, 2.24) is 4.90 Å². The molecule has 2 rings (SSSR count).